The minimum atomic E-state index is 0.0841. The van der Waals surface area contributed by atoms with Crippen LogP contribution in [0.1, 0.15) is 0 Å². The van der Waals surface area contributed by atoms with Gasteiger partial charge in [0.05, 0.1) is 15.6 Å². The predicted octanol–water partition coefficient (Wildman–Crippen LogP) is 4.54. The Morgan fingerprint density at radius 3 is 2.55 bits per heavy atom. The van der Waals surface area contributed by atoms with Crippen molar-refractivity contribution in [2.24, 2.45) is 0 Å². The molecular weight excluding hydrogens is 383 g/mol. The van der Waals surface area contributed by atoms with Crippen LogP contribution >= 0.6 is 33.9 Å². The van der Waals surface area contributed by atoms with E-state index in [0.29, 0.717) is 0 Å². The van der Waals surface area contributed by atoms with Gasteiger partial charge in [0.2, 0.25) is 5.43 Å². The topological polar surface area (TPSA) is 26.3 Å². The van der Waals surface area contributed by atoms with Gasteiger partial charge in [0, 0.05) is 15.6 Å². The number of hydrogen-bond donors (Lipinski definition) is 0. The van der Waals surface area contributed by atoms with Crippen molar-refractivity contribution in [3.63, 3.8) is 0 Å². The number of ether oxygens (including phenoxy) is 1. The maximum Gasteiger partial charge on any atom is 0.201 e. The lowest BCUT2D eigenvalue weighted by atomic mass is 10.1. The number of rotatable bonds is 2. The van der Waals surface area contributed by atoms with Gasteiger partial charge in [-0.05, 0) is 46.9 Å². The molecule has 0 bridgehead atoms. The van der Waals surface area contributed by atoms with Gasteiger partial charge >= 0.3 is 0 Å². The standard InChI is InChI=1S/C16H11IO2S/c1-19-12-8-4-2-6-10(12)16-14(17)15(18)11-7-3-5-9-13(11)20-16/h2-9H,1H3. The molecule has 0 saturated carbocycles. The largest absolute Gasteiger partial charge is 0.496 e. The summed E-state index contributed by atoms with van der Waals surface area (Å²) in [5.41, 5.74) is 1.05. The van der Waals surface area contributed by atoms with E-state index in [0.717, 1.165) is 29.8 Å². The second kappa shape index (κ2) is 5.54. The average molecular weight is 394 g/mol. The maximum absolute atomic E-state index is 12.5. The van der Waals surface area contributed by atoms with Gasteiger partial charge < -0.3 is 4.74 Å². The van der Waals surface area contributed by atoms with Gasteiger partial charge in [-0.25, -0.2) is 0 Å². The normalized spacial score (nSPS) is 10.7. The quantitative estimate of drug-likeness (QED) is 0.597. The second-order valence-electron chi connectivity index (χ2n) is 4.27. The molecule has 0 aliphatic rings. The zero-order valence-corrected chi connectivity index (χ0v) is 13.7. The van der Waals surface area contributed by atoms with Crippen LogP contribution in [-0.4, -0.2) is 7.11 Å². The minimum Gasteiger partial charge on any atom is -0.496 e. The smallest absolute Gasteiger partial charge is 0.201 e. The van der Waals surface area contributed by atoms with Crippen LogP contribution in [0.2, 0.25) is 0 Å². The minimum absolute atomic E-state index is 0.0841. The summed E-state index contributed by atoms with van der Waals surface area (Å²) in [5.74, 6) is 0.788. The Kier molecular flexibility index (Phi) is 3.76. The highest BCUT2D eigenvalue weighted by molar-refractivity contribution is 14.1. The third-order valence-electron chi connectivity index (χ3n) is 3.09. The molecule has 0 unspecified atom stereocenters. The van der Waals surface area contributed by atoms with E-state index in [9.17, 15) is 4.79 Å². The lowest BCUT2D eigenvalue weighted by molar-refractivity contribution is 0.416. The maximum atomic E-state index is 12.5. The van der Waals surface area contributed by atoms with E-state index in [-0.39, 0.29) is 5.43 Å². The fourth-order valence-corrected chi connectivity index (χ4v) is 4.13. The molecule has 2 aromatic carbocycles. The highest BCUT2D eigenvalue weighted by Crippen LogP contribution is 2.37. The van der Waals surface area contributed by atoms with E-state index in [1.165, 1.54) is 0 Å². The number of methoxy groups -OCH3 is 1. The van der Waals surface area contributed by atoms with Crippen molar-refractivity contribution >= 4 is 44.0 Å². The monoisotopic (exact) mass is 394 g/mol. The lowest BCUT2D eigenvalue weighted by Crippen LogP contribution is -2.06. The van der Waals surface area contributed by atoms with Crippen molar-refractivity contribution in [3.8, 4) is 16.2 Å². The molecule has 0 aliphatic heterocycles. The average Bonchev–Trinajstić information content (AvgIpc) is 2.51. The molecular formula is C16H11IO2S. The molecule has 0 amide bonds. The van der Waals surface area contributed by atoms with Crippen LogP contribution in [0.25, 0.3) is 20.5 Å². The van der Waals surface area contributed by atoms with E-state index < -0.39 is 0 Å². The van der Waals surface area contributed by atoms with E-state index in [1.807, 2.05) is 48.5 Å². The summed E-state index contributed by atoms with van der Waals surface area (Å²) in [6, 6.07) is 15.5. The van der Waals surface area contributed by atoms with Gasteiger partial charge in [-0.1, -0.05) is 24.3 Å². The van der Waals surface area contributed by atoms with Crippen LogP contribution in [0.4, 0.5) is 0 Å². The van der Waals surface area contributed by atoms with E-state index in [1.54, 1.807) is 18.4 Å². The Balaban J connectivity index is 2.37. The van der Waals surface area contributed by atoms with Crippen LogP contribution in [0.5, 0.6) is 5.75 Å². The number of hydrogen-bond acceptors (Lipinski definition) is 3. The molecule has 0 radical (unpaired) electrons. The summed E-state index contributed by atoms with van der Waals surface area (Å²) < 4.78 is 7.15. The van der Waals surface area contributed by atoms with E-state index in [2.05, 4.69) is 22.6 Å². The van der Waals surface area contributed by atoms with Crippen molar-refractivity contribution < 1.29 is 4.74 Å². The highest BCUT2D eigenvalue weighted by Gasteiger charge is 2.14. The molecule has 1 heterocycles. The number of fused-ring (bicyclic) bond motifs is 1. The summed E-state index contributed by atoms with van der Waals surface area (Å²) in [6.45, 7) is 0. The second-order valence-corrected chi connectivity index (χ2v) is 6.40. The van der Waals surface area contributed by atoms with Crippen molar-refractivity contribution in [2.75, 3.05) is 7.11 Å². The van der Waals surface area contributed by atoms with Crippen molar-refractivity contribution in [2.45, 2.75) is 0 Å². The summed E-state index contributed by atoms with van der Waals surface area (Å²) in [4.78, 5) is 13.4. The molecule has 0 spiro atoms. The zero-order chi connectivity index (χ0) is 14.1. The number of benzene rings is 2. The predicted molar refractivity (Wildman–Crippen MR) is 92.8 cm³/mol. The van der Waals surface area contributed by atoms with Crippen LogP contribution in [-0.2, 0) is 0 Å². The first kappa shape index (κ1) is 13.6. The van der Waals surface area contributed by atoms with Crippen LogP contribution in [0.3, 0.4) is 0 Å². The third-order valence-corrected chi connectivity index (χ3v) is 5.69. The lowest BCUT2D eigenvalue weighted by Gasteiger charge is -2.10. The third kappa shape index (κ3) is 2.23. The van der Waals surface area contributed by atoms with E-state index >= 15 is 0 Å². The molecule has 0 N–H and O–H groups in total. The van der Waals surface area contributed by atoms with Crippen molar-refractivity contribution in [1.82, 2.24) is 0 Å². The first-order chi connectivity index (χ1) is 9.72. The Morgan fingerprint density at radius 1 is 1.05 bits per heavy atom. The molecule has 0 atom stereocenters. The van der Waals surface area contributed by atoms with Crippen molar-refractivity contribution in [3.05, 3.63) is 62.3 Å². The van der Waals surface area contributed by atoms with Gasteiger partial charge in [-0.15, -0.1) is 11.3 Å². The molecule has 0 saturated heterocycles. The Hall–Kier alpha value is -1.40. The zero-order valence-electron chi connectivity index (χ0n) is 10.7. The highest BCUT2D eigenvalue weighted by atomic mass is 127. The molecule has 0 fully saturated rings. The Morgan fingerprint density at radius 2 is 1.75 bits per heavy atom. The Labute approximate surface area is 134 Å². The molecule has 4 heteroatoms. The fraction of sp³-hybridized carbons (Fsp3) is 0.0625. The number of para-hydroxylation sites is 1. The van der Waals surface area contributed by atoms with Gasteiger partial charge in [0.15, 0.2) is 0 Å². The van der Waals surface area contributed by atoms with Crippen molar-refractivity contribution in [1.29, 1.82) is 0 Å². The molecule has 2 nitrogen and oxygen atoms in total. The van der Waals surface area contributed by atoms with Crippen LogP contribution < -0.4 is 10.2 Å². The van der Waals surface area contributed by atoms with E-state index in [4.69, 9.17) is 4.74 Å². The summed E-state index contributed by atoms with van der Waals surface area (Å²) in [6.07, 6.45) is 0. The Bertz CT molecular complexity index is 839. The van der Waals surface area contributed by atoms with Crippen LogP contribution in [0, 0.1) is 3.57 Å². The molecule has 3 rings (SSSR count). The van der Waals surface area contributed by atoms with Gasteiger partial charge in [-0.2, -0.15) is 0 Å². The van der Waals surface area contributed by atoms with Gasteiger partial charge in [0.25, 0.3) is 0 Å². The molecule has 100 valence electrons. The SMILES string of the molecule is COc1ccccc1-c1sc2ccccc2c(=O)c1I. The molecule has 0 aliphatic carbocycles. The number of halogens is 1. The van der Waals surface area contributed by atoms with Gasteiger partial charge in [-0.3, -0.25) is 4.79 Å². The summed E-state index contributed by atoms with van der Waals surface area (Å²) in [5, 5.41) is 0.778. The molecule has 1 aromatic heterocycles. The first-order valence-corrected chi connectivity index (χ1v) is 7.96. The molecule has 20 heavy (non-hydrogen) atoms. The summed E-state index contributed by atoms with van der Waals surface area (Å²) in [7, 11) is 1.65. The first-order valence-electron chi connectivity index (χ1n) is 6.07. The van der Waals surface area contributed by atoms with Crippen LogP contribution in [0.15, 0.2) is 53.3 Å². The molecule has 3 aromatic rings. The summed E-state index contributed by atoms with van der Waals surface area (Å²) >= 11 is 3.75. The van der Waals surface area contributed by atoms with Gasteiger partial charge in [0.1, 0.15) is 5.75 Å². The fourth-order valence-electron chi connectivity index (χ4n) is 2.12.